The van der Waals surface area contributed by atoms with E-state index in [4.69, 9.17) is 11.6 Å². The molecule has 0 bridgehead atoms. The van der Waals surface area contributed by atoms with Gasteiger partial charge in [-0.1, -0.05) is 35.9 Å². The zero-order valence-corrected chi connectivity index (χ0v) is 9.58. The summed E-state index contributed by atoms with van der Waals surface area (Å²) in [6.07, 6.45) is 1.78. The summed E-state index contributed by atoms with van der Waals surface area (Å²) in [6.45, 7) is 1.03. The van der Waals surface area contributed by atoms with Gasteiger partial charge in [0.25, 0.3) is 11.5 Å². The van der Waals surface area contributed by atoms with Crippen molar-refractivity contribution in [1.82, 2.24) is 4.90 Å². The van der Waals surface area contributed by atoms with E-state index in [1.165, 1.54) is 10.5 Å². The molecule has 0 radical (unpaired) electrons. The van der Waals surface area contributed by atoms with Crippen molar-refractivity contribution in [2.45, 2.75) is 25.0 Å². The Balaban J connectivity index is 2.20. The summed E-state index contributed by atoms with van der Waals surface area (Å²) >= 11 is 5.18. The number of amides is 1. The van der Waals surface area contributed by atoms with Crippen LogP contribution in [-0.2, 0) is 17.8 Å². The van der Waals surface area contributed by atoms with Gasteiger partial charge in [-0.3, -0.25) is 4.79 Å². The average molecular weight is 242 g/mol. The summed E-state index contributed by atoms with van der Waals surface area (Å²) in [7, 11) is 0. The Morgan fingerprint density at radius 3 is 2.75 bits per heavy atom. The maximum atomic E-state index is 12.8. The molecule has 1 aromatic carbocycles. The average Bonchev–Trinajstić information content (AvgIpc) is 2.49. The monoisotopic (exact) mass is 241 g/mol. The summed E-state index contributed by atoms with van der Waals surface area (Å²) < 4.78 is 12.8. The second kappa shape index (κ2) is 4.83. The number of hydrogen-bond donors (Lipinski definition) is 0. The van der Waals surface area contributed by atoms with Crippen LogP contribution in [-0.4, -0.2) is 23.0 Å². The first-order valence-electron chi connectivity index (χ1n) is 5.32. The molecule has 0 saturated carbocycles. The number of hydrogen-bond acceptors (Lipinski definition) is 1. The van der Waals surface area contributed by atoms with Gasteiger partial charge in [0.1, 0.15) is 0 Å². The van der Waals surface area contributed by atoms with Gasteiger partial charge in [0.05, 0.1) is 0 Å². The van der Waals surface area contributed by atoms with E-state index in [9.17, 15) is 9.18 Å². The number of nitrogens with zero attached hydrogens (tertiary/aromatic N) is 1. The van der Waals surface area contributed by atoms with Gasteiger partial charge in [0.15, 0.2) is 0 Å². The number of halogens is 2. The highest BCUT2D eigenvalue weighted by Gasteiger charge is 2.23. The van der Waals surface area contributed by atoms with Crippen LogP contribution in [0.4, 0.5) is 4.39 Å². The van der Waals surface area contributed by atoms with E-state index in [2.05, 4.69) is 6.07 Å². The molecule has 0 spiro atoms. The zero-order chi connectivity index (χ0) is 11.5. The first-order valence-corrected chi connectivity index (χ1v) is 5.76. The Morgan fingerprint density at radius 1 is 1.38 bits per heavy atom. The summed E-state index contributed by atoms with van der Waals surface area (Å²) in [5.74, 6) is -0.627. The number of carbonyl (C=O) groups excluding carboxylic acids is 1. The zero-order valence-electron chi connectivity index (χ0n) is 8.83. The van der Waals surface area contributed by atoms with E-state index in [-0.39, 0.29) is 0 Å². The molecule has 16 heavy (non-hydrogen) atoms. The minimum absolute atomic E-state index is 0.460. The molecule has 1 atom stereocenters. The predicted molar refractivity (Wildman–Crippen MR) is 60.9 cm³/mol. The van der Waals surface area contributed by atoms with Crippen molar-refractivity contribution in [3.05, 3.63) is 35.4 Å². The molecule has 0 aliphatic carbocycles. The summed E-state index contributed by atoms with van der Waals surface area (Å²) in [5, 5.41) is 0. The molecule has 1 heterocycles. The lowest BCUT2D eigenvalue weighted by molar-refractivity contribution is -0.134. The van der Waals surface area contributed by atoms with Gasteiger partial charge in [-0.25, -0.2) is 4.39 Å². The Morgan fingerprint density at radius 2 is 2.06 bits per heavy atom. The fourth-order valence-corrected chi connectivity index (χ4v) is 2.16. The van der Waals surface area contributed by atoms with Crippen molar-refractivity contribution in [1.29, 1.82) is 0 Å². The topological polar surface area (TPSA) is 20.3 Å². The van der Waals surface area contributed by atoms with Crippen molar-refractivity contribution in [3.63, 3.8) is 0 Å². The lowest BCUT2D eigenvalue weighted by atomic mass is 10.0. The van der Waals surface area contributed by atoms with Gasteiger partial charge >= 0.3 is 0 Å². The van der Waals surface area contributed by atoms with E-state index in [0.717, 1.165) is 18.4 Å². The highest BCUT2D eigenvalue weighted by molar-refractivity contribution is 6.29. The number of alkyl halides is 2. The van der Waals surface area contributed by atoms with Crippen LogP contribution in [0, 0.1) is 0 Å². The third kappa shape index (κ3) is 2.35. The number of rotatable bonds is 1. The Hall–Kier alpha value is -1.09. The molecule has 86 valence electrons. The molecule has 0 aromatic heterocycles. The van der Waals surface area contributed by atoms with Crippen LogP contribution >= 0.6 is 11.6 Å². The quantitative estimate of drug-likeness (QED) is 0.692. The number of carbonyl (C=O) groups is 1. The molecule has 4 heteroatoms. The normalized spacial score (nSPS) is 17.5. The van der Waals surface area contributed by atoms with Crippen LogP contribution < -0.4 is 0 Å². The van der Waals surface area contributed by atoms with Crippen LogP contribution in [0.1, 0.15) is 17.5 Å². The molecule has 1 aliphatic heterocycles. The van der Waals surface area contributed by atoms with Gasteiger partial charge in [-0.2, -0.15) is 0 Å². The lowest BCUT2D eigenvalue weighted by Gasteiger charge is -2.20. The summed E-state index contributed by atoms with van der Waals surface area (Å²) in [4.78, 5) is 13.0. The van der Waals surface area contributed by atoms with E-state index in [1.807, 2.05) is 18.2 Å². The van der Waals surface area contributed by atoms with E-state index >= 15 is 0 Å². The van der Waals surface area contributed by atoms with Gasteiger partial charge in [-0.15, -0.1) is 0 Å². The SMILES string of the molecule is O=C(C(F)Cl)N1CCCc2ccccc2C1. The van der Waals surface area contributed by atoms with Crippen molar-refractivity contribution in [2.24, 2.45) is 0 Å². The highest BCUT2D eigenvalue weighted by Crippen LogP contribution is 2.19. The molecule has 1 amide bonds. The number of benzene rings is 1. The second-order valence-electron chi connectivity index (χ2n) is 3.93. The lowest BCUT2D eigenvalue weighted by Crippen LogP contribution is -2.34. The van der Waals surface area contributed by atoms with Crippen molar-refractivity contribution in [2.75, 3.05) is 6.54 Å². The predicted octanol–water partition coefficient (Wildman–Crippen LogP) is 2.50. The molecule has 1 aromatic rings. The Kier molecular flexibility index (Phi) is 3.44. The molecule has 1 unspecified atom stereocenters. The molecular weight excluding hydrogens is 229 g/mol. The Labute approximate surface area is 99.0 Å². The molecule has 0 saturated heterocycles. The fourth-order valence-electron chi connectivity index (χ4n) is 2.03. The smallest absolute Gasteiger partial charge is 0.273 e. The largest absolute Gasteiger partial charge is 0.335 e. The van der Waals surface area contributed by atoms with Crippen LogP contribution in [0.15, 0.2) is 24.3 Å². The molecule has 0 N–H and O–H groups in total. The maximum absolute atomic E-state index is 12.8. The third-order valence-corrected chi connectivity index (χ3v) is 3.04. The second-order valence-corrected chi connectivity index (χ2v) is 4.32. The molecule has 2 nitrogen and oxygen atoms in total. The first kappa shape index (κ1) is 11.4. The van der Waals surface area contributed by atoms with Crippen molar-refractivity contribution in [3.8, 4) is 0 Å². The summed E-state index contributed by atoms with van der Waals surface area (Å²) in [6, 6.07) is 7.94. The van der Waals surface area contributed by atoms with Gasteiger partial charge in [-0.05, 0) is 24.0 Å². The molecule has 0 fully saturated rings. The van der Waals surface area contributed by atoms with Crippen molar-refractivity contribution < 1.29 is 9.18 Å². The maximum Gasteiger partial charge on any atom is 0.273 e. The van der Waals surface area contributed by atoms with Crippen LogP contribution in [0.2, 0.25) is 0 Å². The van der Waals surface area contributed by atoms with Gasteiger partial charge in [0, 0.05) is 13.1 Å². The van der Waals surface area contributed by atoms with Crippen LogP contribution in [0.5, 0.6) is 0 Å². The van der Waals surface area contributed by atoms with Gasteiger partial charge in [0.2, 0.25) is 0 Å². The molecule has 2 rings (SSSR count). The van der Waals surface area contributed by atoms with Crippen molar-refractivity contribution >= 4 is 17.5 Å². The standard InChI is InChI=1S/C12H13ClFNO/c13-11(14)12(16)15-7-3-6-9-4-1-2-5-10(9)8-15/h1-2,4-5,11H,3,6-8H2. The van der Waals surface area contributed by atoms with Crippen LogP contribution in [0.3, 0.4) is 0 Å². The first-order chi connectivity index (χ1) is 7.68. The van der Waals surface area contributed by atoms with Gasteiger partial charge < -0.3 is 4.90 Å². The minimum Gasteiger partial charge on any atom is -0.335 e. The van der Waals surface area contributed by atoms with E-state index < -0.39 is 11.5 Å². The minimum atomic E-state index is -1.93. The van der Waals surface area contributed by atoms with Crippen LogP contribution in [0.25, 0.3) is 0 Å². The molecular formula is C12H13ClFNO. The van der Waals surface area contributed by atoms with E-state index in [1.54, 1.807) is 0 Å². The number of fused-ring (bicyclic) bond motifs is 1. The molecule has 1 aliphatic rings. The van der Waals surface area contributed by atoms with E-state index in [0.29, 0.717) is 13.1 Å². The Bertz CT molecular complexity index is 394. The third-order valence-electron chi connectivity index (χ3n) is 2.85. The number of aryl methyl sites for hydroxylation is 1. The fraction of sp³-hybridized carbons (Fsp3) is 0.417. The highest BCUT2D eigenvalue weighted by atomic mass is 35.5. The summed E-state index contributed by atoms with van der Waals surface area (Å²) in [5.41, 5.74) is 0.402.